The van der Waals surface area contributed by atoms with Crippen LogP contribution in [0.2, 0.25) is 15.1 Å². The van der Waals surface area contributed by atoms with E-state index in [1.807, 2.05) is 0 Å². The van der Waals surface area contributed by atoms with Gasteiger partial charge in [0.25, 0.3) is 10.0 Å². The Bertz CT molecular complexity index is 1150. The minimum absolute atomic E-state index is 0.0492. The quantitative estimate of drug-likeness (QED) is 0.400. The van der Waals surface area contributed by atoms with Crippen LogP contribution in [0.15, 0.2) is 35.2 Å². The van der Waals surface area contributed by atoms with Crippen LogP contribution in [0, 0.1) is 0 Å². The molecule has 1 heterocycles. The van der Waals surface area contributed by atoms with Crippen LogP contribution in [0.1, 0.15) is 12.5 Å². The minimum Gasteiger partial charge on any atom is -0.755 e. The number of hydrogen-bond acceptors (Lipinski definition) is 8. The molecule has 0 fully saturated rings. The minimum atomic E-state index is -4.03. The maximum atomic E-state index is 12.8. The van der Waals surface area contributed by atoms with Crippen LogP contribution in [0.4, 0.5) is 5.69 Å². The van der Waals surface area contributed by atoms with Crippen molar-refractivity contribution < 1.29 is 27.0 Å². The number of aliphatic hydroxyl groups is 1. The standard InChI is InChI=1S/C18H21Cl3N4O6S2/c1-2-24(9-12(26)10-31-13-3-4-14(19)15(20)6-13)25-8-11-5-16(21)17(22-32(27)28)7-18(11)33(29,30)23-25/h3-7,12,22-23,26H,2,8-10H2,1H3,(H,27,28)/p-1. The van der Waals surface area contributed by atoms with Crippen LogP contribution in [-0.4, -0.2) is 58.2 Å². The Labute approximate surface area is 208 Å². The number of hydrazine groups is 2. The van der Waals surface area contributed by atoms with E-state index in [-0.39, 0.29) is 35.3 Å². The maximum absolute atomic E-state index is 12.8. The highest BCUT2D eigenvalue weighted by molar-refractivity contribution is 7.89. The summed E-state index contributed by atoms with van der Waals surface area (Å²) in [6.07, 6.45) is -0.965. The van der Waals surface area contributed by atoms with E-state index in [1.165, 1.54) is 17.3 Å². The van der Waals surface area contributed by atoms with Gasteiger partial charge in [-0.3, -0.25) is 4.21 Å². The molecular formula is C18H20Cl3N4O6S2-. The zero-order chi connectivity index (χ0) is 24.3. The van der Waals surface area contributed by atoms with Crippen LogP contribution in [-0.2, 0) is 27.8 Å². The summed E-state index contributed by atoms with van der Waals surface area (Å²) >= 11 is 15.3. The molecular weight excluding hydrogens is 539 g/mol. The number of hydrogen-bond donors (Lipinski definition) is 3. The monoisotopic (exact) mass is 557 g/mol. The Morgan fingerprint density at radius 1 is 1.27 bits per heavy atom. The number of aliphatic hydroxyl groups excluding tert-OH is 1. The summed E-state index contributed by atoms with van der Waals surface area (Å²) in [4.78, 5) is 2.31. The van der Waals surface area contributed by atoms with Crippen molar-refractivity contribution in [1.82, 2.24) is 15.0 Å². The fourth-order valence-corrected chi connectivity index (χ4v) is 5.35. The number of ether oxygens (including phenoxy) is 1. The van der Waals surface area contributed by atoms with E-state index in [4.69, 9.17) is 39.5 Å². The summed E-state index contributed by atoms with van der Waals surface area (Å²) in [5.41, 5.74) is 0.311. The zero-order valence-electron chi connectivity index (χ0n) is 17.1. The van der Waals surface area contributed by atoms with Gasteiger partial charge in [0.05, 0.1) is 32.2 Å². The molecule has 15 heteroatoms. The van der Waals surface area contributed by atoms with Crippen LogP contribution < -0.4 is 14.3 Å². The van der Waals surface area contributed by atoms with Crippen LogP contribution >= 0.6 is 34.8 Å². The first-order chi connectivity index (χ1) is 15.5. The Kier molecular flexibility index (Phi) is 8.83. The fraction of sp³-hybridized carbons (Fsp3) is 0.333. The molecule has 1 aliphatic heterocycles. The number of rotatable bonds is 9. The second kappa shape index (κ2) is 11.0. The smallest absolute Gasteiger partial charge is 0.254 e. The van der Waals surface area contributed by atoms with Crippen molar-refractivity contribution in [3.63, 3.8) is 0 Å². The number of likely N-dealkylation sites (N-methyl/N-ethyl adjacent to an activating group) is 1. The highest BCUT2D eigenvalue weighted by Crippen LogP contribution is 2.32. The third kappa shape index (κ3) is 6.69. The number of anilines is 1. The Balaban J connectivity index is 1.71. The SMILES string of the molecule is CCN(CC(O)COc1ccc(Cl)c(Cl)c1)N1Cc2cc(Cl)c(NS(=O)[O-])cc2S(=O)(=O)N1. The Morgan fingerprint density at radius 3 is 2.64 bits per heavy atom. The lowest BCUT2D eigenvalue weighted by atomic mass is 10.2. The maximum Gasteiger partial charge on any atom is 0.254 e. The van der Waals surface area contributed by atoms with E-state index in [0.717, 1.165) is 6.07 Å². The summed E-state index contributed by atoms with van der Waals surface area (Å²) in [7, 11) is -4.03. The van der Waals surface area contributed by atoms with Gasteiger partial charge in [0.1, 0.15) is 18.5 Å². The van der Waals surface area contributed by atoms with E-state index in [1.54, 1.807) is 24.1 Å². The molecule has 3 rings (SSSR count). The number of nitrogens with one attached hydrogen (secondary N) is 2. The normalized spacial score (nSPS) is 17.4. The van der Waals surface area contributed by atoms with Crippen molar-refractivity contribution in [2.24, 2.45) is 0 Å². The molecule has 2 atom stereocenters. The highest BCUT2D eigenvalue weighted by Gasteiger charge is 2.32. The third-order valence-corrected chi connectivity index (χ3v) is 7.49. The third-order valence-electron chi connectivity index (χ3n) is 4.64. The zero-order valence-corrected chi connectivity index (χ0v) is 21.0. The van der Waals surface area contributed by atoms with Crippen molar-refractivity contribution in [2.75, 3.05) is 24.4 Å². The lowest BCUT2D eigenvalue weighted by Gasteiger charge is -2.38. The molecule has 10 nitrogen and oxygen atoms in total. The number of benzene rings is 2. The summed E-state index contributed by atoms with van der Waals surface area (Å²) in [6, 6.07) is 7.26. The molecule has 2 unspecified atom stereocenters. The Hall–Kier alpha value is -1.19. The first-order valence-corrected chi connectivity index (χ1v) is 13.2. The predicted octanol–water partition coefficient (Wildman–Crippen LogP) is 2.54. The van der Waals surface area contributed by atoms with Gasteiger partial charge in [0.2, 0.25) is 0 Å². The summed E-state index contributed by atoms with van der Waals surface area (Å²) < 4.78 is 55.0. The van der Waals surface area contributed by atoms with Crippen molar-refractivity contribution in [3.05, 3.63) is 51.0 Å². The molecule has 33 heavy (non-hydrogen) atoms. The van der Waals surface area contributed by atoms with E-state index in [0.29, 0.717) is 27.9 Å². The summed E-state index contributed by atoms with van der Waals surface area (Å²) in [5.74, 6) is 0.428. The molecule has 2 aromatic rings. The molecule has 1 aliphatic rings. The van der Waals surface area contributed by atoms with Gasteiger partial charge in [-0.2, -0.15) is 5.12 Å². The molecule has 0 spiro atoms. The van der Waals surface area contributed by atoms with E-state index in [9.17, 15) is 22.3 Å². The lowest BCUT2D eigenvalue weighted by molar-refractivity contribution is -0.0826. The van der Waals surface area contributed by atoms with E-state index >= 15 is 0 Å². The van der Waals surface area contributed by atoms with Gasteiger partial charge in [-0.15, -0.1) is 4.83 Å². The highest BCUT2D eigenvalue weighted by atomic mass is 35.5. The second-order valence-corrected chi connectivity index (χ2v) is 10.5. The molecule has 0 amide bonds. The van der Waals surface area contributed by atoms with Gasteiger partial charge in [0, 0.05) is 30.4 Å². The molecule has 0 aliphatic carbocycles. The van der Waals surface area contributed by atoms with Crippen LogP contribution in [0.3, 0.4) is 0 Å². The lowest BCUT2D eigenvalue weighted by Crippen LogP contribution is -2.57. The van der Waals surface area contributed by atoms with Gasteiger partial charge >= 0.3 is 0 Å². The molecule has 3 N–H and O–H groups in total. The van der Waals surface area contributed by atoms with Gasteiger partial charge in [-0.05, 0) is 29.8 Å². The van der Waals surface area contributed by atoms with Crippen molar-refractivity contribution >= 4 is 61.8 Å². The number of halogens is 3. The number of nitrogens with zero attached hydrogens (tertiary/aromatic N) is 2. The summed E-state index contributed by atoms with van der Waals surface area (Å²) in [6.45, 7) is 2.24. The van der Waals surface area contributed by atoms with E-state index in [2.05, 4.69) is 9.55 Å². The van der Waals surface area contributed by atoms with Gasteiger partial charge in [0.15, 0.2) is 0 Å². The first-order valence-electron chi connectivity index (χ1n) is 9.49. The fourth-order valence-electron chi connectivity index (χ4n) is 3.13. The molecule has 0 bridgehead atoms. The van der Waals surface area contributed by atoms with Crippen LogP contribution in [0.25, 0.3) is 0 Å². The topological polar surface area (TPSA) is 134 Å². The predicted molar refractivity (Wildman–Crippen MR) is 125 cm³/mol. The first kappa shape index (κ1) is 26.4. The molecule has 0 saturated heterocycles. The van der Waals surface area contributed by atoms with Crippen molar-refractivity contribution in [1.29, 1.82) is 0 Å². The number of sulfonamides is 1. The molecule has 0 radical (unpaired) electrons. The molecule has 0 saturated carbocycles. The number of fused-ring (bicyclic) bond motifs is 1. The largest absolute Gasteiger partial charge is 0.755 e. The molecule has 182 valence electrons. The van der Waals surface area contributed by atoms with Crippen molar-refractivity contribution in [2.45, 2.75) is 24.5 Å². The van der Waals surface area contributed by atoms with E-state index < -0.39 is 27.4 Å². The average Bonchev–Trinajstić information content (AvgIpc) is 2.73. The average molecular weight is 559 g/mol. The second-order valence-electron chi connectivity index (χ2n) is 6.97. The molecule has 2 aromatic carbocycles. The Morgan fingerprint density at radius 2 is 2.00 bits per heavy atom. The van der Waals surface area contributed by atoms with Crippen molar-refractivity contribution in [3.8, 4) is 5.75 Å². The van der Waals surface area contributed by atoms with Crippen LogP contribution in [0.5, 0.6) is 5.75 Å². The summed E-state index contributed by atoms with van der Waals surface area (Å²) in [5, 5.41) is 14.1. The van der Waals surface area contributed by atoms with Gasteiger partial charge in [-0.1, -0.05) is 41.7 Å². The van der Waals surface area contributed by atoms with Gasteiger partial charge in [-0.25, -0.2) is 13.4 Å². The van der Waals surface area contributed by atoms with Gasteiger partial charge < -0.3 is 19.1 Å². The molecule has 0 aromatic heterocycles.